The Morgan fingerprint density at radius 3 is 2.35 bits per heavy atom. The van der Waals surface area contributed by atoms with Crippen LogP contribution in [0.25, 0.3) is 0 Å². The molecule has 1 amide bonds. The van der Waals surface area contributed by atoms with Crippen LogP contribution in [0.2, 0.25) is 4.34 Å². The lowest BCUT2D eigenvalue weighted by Gasteiger charge is -2.33. The summed E-state index contributed by atoms with van der Waals surface area (Å²) in [5, 5.41) is 11.1. The van der Waals surface area contributed by atoms with E-state index in [1.54, 1.807) is 6.07 Å². The highest BCUT2D eigenvalue weighted by Gasteiger charge is 2.32. The molecule has 0 N–H and O–H groups in total. The number of halogens is 1. The Morgan fingerprint density at radius 1 is 1.12 bits per heavy atom. The fraction of sp³-hybridized carbons (Fsp3) is 0.267. The number of piperazine rings is 1. The van der Waals surface area contributed by atoms with E-state index >= 15 is 0 Å². The second-order valence-electron chi connectivity index (χ2n) is 5.53. The smallest absolute Gasteiger partial charge is 0.282 e. The zero-order valence-electron chi connectivity index (χ0n) is 13.4. The first kappa shape index (κ1) is 18.8. The molecule has 0 atom stereocenters. The van der Waals surface area contributed by atoms with Crippen molar-refractivity contribution in [3.8, 4) is 0 Å². The van der Waals surface area contributed by atoms with Gasteiger partial charge in [-0.1, -0.05) is 23.7 Å². The number of nitro benzene ring substituents is 1. The molecule has 0 bridgehead atoms. The Kier molecular flexibility index (Phi) is 5.28. The van der Waals surface area contributed by atoms with Gasteiger partial charge in [0.25, 0.3) is 21.6 Å². The monoisotopic (exact) mass is 415 g/mol. The number of hydrogen-bond donors (Lipinski definition) is 0. The van der Waals surface area contributed by atoms with Crippen LogP contribution in [0.1, 0.15) is 10.4 Å². The fourth-order valence-electron chi connectivity index (χ4n) is 2.68. The first-order valence-corrected chi connectivity index (χ1v) is 10.2. The molecule has 0 radical (unpaired) electrons. The number of rotatable bonds is 4. The van der Waals surface area contributed by atoms with Crippen molar-refractivity contribution >= 4 is 44.6 Å². The summed E-state index contributed by atoms with van der Waals surface area (Å²) in [5.74, 6) is -0.478. The van der Waals surface area contributed by atoms with Crippen LogP contribution in [-0.4, -0.2) is 54.6 Å². The van der Waals surface area contributed by atoms with Gasteiger partial charge in [-0.15, -0.1) is 11.3 Å². The van der Waals surface area contributed by atoms with E-state index in [2.05, 4.69) is 0 Å². The van der Waals surface area contributed by atoms with Gasteiger partial charge in [0.05, 0.1) is 9.26 Å². The minimum Gasteiger partial charge on any atom is -0.336 e. The van der Waals surface area contributed by atoms with Crippen molar-refractivity contribution in [2.45, 2.75) is 4.21 Å². The molecule has 3 rings (SSSR count). The molecule has 0 saturated carbocycles. The molecule has 0 unspecified atom stereocenters. The average Bonchev–Trinajstić information content (AvgIpc) is 3.08. The van der Waals surface area contributed by atoms with Gasteiger partial charge in [0, 0.05) is 32.2 Å². The Morgan fingerprint density at radius 2 is 1.77 bits per heavy atom. The number of amides is 1. The molecule has 1 aliphatic rings. The van der Waals surface area contributed by atoms with E-state index < -0.39 is 20.9 Å². The van der Waals surface area contributed by atoms with E-state index in [0.29, 0.717) is 4.34 Å². The highest BCUT2D eigenvalue weighted by atomic mass is 35.5. The highest BCUT2D eigenvalue weighted by Crippen LogP contribution is 2.29. The van der Waals surface area contributed by atoms with Gasteiger partial charge in [0.2, 0.25) is 0 Å². The molecule has 11 heteroatoms. The fourth-order valence-corrected chi connectivity index (χ4v) is 5.74. The zero-order valence-corrected chi connectivity index (χ0v) is 15.8. The zero-order chi connectivity index (χ0) is 18.9. The molecule has 0 aliphatic carbocycles. The largest absolute Gasteiger partial charge is 0.336 e. The summed E-state index contributed by atoms with van der Waals surface area (Å²) in [7, 11) is -3.66. The molecule has 2 heterocycles. The van der Waals surface area contributed by atoms with Gasteiger partial charge in [-0.05, 0) is 18.2 Å². The predicted molar refractivity (Wildman–Crippen MR) is 97.1 cm³/mol. The summed E-state index contributed by atoms with van der Waals surface area (Å²) in [6, 6.07) is 8.69. The maximum absolute atomic E-state index is 12.6. The van der Waals surface area contributed by atoms with Crippen LogP contribution < -0.4 is 0 Å². The number of nitrogens with zero attached hydrogens (tertiary/aromatic N) is 3. The van der Waals surface area contributed by atoms with E-state index in [-0.39, 0.29) is 41.6 Å². The number of hydrogen-bond acceptors (Lipinski definition) is 6. The predicted octanol–water partition coefficient (Wildman–Crippen LogP) is 2.46. The Labute approximate surface area is 158 Å². The third kappa shape index (κ3) is 3.58. The van der Waals surface area contributed by atoms with Gasteiger partial charge in [-0.25, -0.2) is 8.42 Å². The third-order valence-electron chi connectivity index (χ3n) is 4.00. The van der Waals surface area contributed by atoms with E-state index in [1.165, 1.54) is 39.5 Å². The second kappa shape index (κ2) is 7.31. The highest BCUT2D eigenvalue weighted by molar-refractivity contribution is 7.91. The Hall–Kier alpha value is -2.01. The number of carbonyl (C=O) groups is 1. The van der Waals surface area contributed by atoms with Crippen LogP contribution in [0, 0.1) is 10.1 Å². The summed E-state index contributed by atoms with van der Waals surface area (Å²) in [6.45, 7) is 0.543. The van der Waals surface area contributed by atoms with Crippen molar-refractivity contribution in [2.24, 2.45) is 0 Å². The van der Waals surface area contributed by atoms with Crippen LogP contribution in [0.5, 0.6) is 0 Å². The molecule has 1 aliphatic heterocycles. The third-order valence-corrected chi connectivity index (χ3v) is 7.60. The summed E-state index contributed by atoms with van der Waals surface area (Å²) in [4.78, 5) is 24.5. The molecule has 26 heavy (non-hydrogen) atoms. The van der Waals surface area contributed by atoms with Gasteiger partial charge < -0.3 is 4.90 Å². The Balaban J connectivity index is 1.73. The first-order valence-electron chi connectivity index (χ1n) is 7.59. The number of carbonyl (C=O) groups excluding carboxylic acids is 1. The van der Waals surface area contributed by atoms with E-state index in [9.17, 15) is 23.3 Å². The number of thiophene rings is 1. The molecule has 2 aromatic rings. The van der Waals surface area contributed by atoms with Gasteiger partial charge in [0.15, 0.2) is 0 Å². The summed E-state index contributed by atoms with van der Waals surface area (Å²) in [5.41, 5.74) is -0.264. The number of benzene rings is 1. The normalized spacial score (nSPS) is 15.8. The first-order chi connectivity index (χ1) is 12.3. The standard InChI is InChI=1S/C15H14ClN3O5S2/c16-13-5-6-14(25-13)26(23,24)18-9-7-17(8-10-18)15(20)11-3-1-2-4-12(11)19(21)22/h1-6H,7-10H2. The maximum atomic E-state index is 12.6. The lowest BCUT2D eigenvalue weighted by molar-refractivity contribution is -0.385. The number of para-hydroxylation sites is 1. The van der Waals surface area contributed by atoms with Crippen molar-refractivity contribution in [2.75, 3.05) is 26.2 Å². The average molecular weight is 416 g/mol. The molecule has 0 spiro atoms. The molecular formula is C15H14ClN3O5S2. The SMILES string of the molecule is O=C(c1ccccc1[N+](=O)[O-])N1CCN(S(=O)(=O)c2ccc(Cl)s2)CC1. The number of sulfonamides is 1. The van der Waals surface area contributed by atoms with Gasteiger partial charge in [-0.3, -0.25) is 14.9 Å². The molecule has 138 valence electrons. The van der Waals surface area contributed by atoms with Crippen LogP contribution in [0.3, 0.4) is 0 Å². The van der Waals surface area contributed by atoms with Crippen molar-refractivity contribution in [1.82, 2.24) is 9.21 Å². The number of nitro groups is 1. The maximum Gasteiger partial charge on any atom is 0.282 e. The van der Waals surface area contributed by atoms with E-state index in [1.807, 2.05) is 0 Å². The lowest BCUT2D eigenvalue weighted by atomic mass is 10.1. The van der Waals surface area contributed by atoms with Gasteiger partial charge >= 0.3 is 0 Å². The molecule has 1 saturated heterocycles. The quantitative estimate of drug-likeness (QED) is 0.564. The summed E-state index contributed by atoms with van der Waals surface area (Å²) < 4.78 is 27.0. The van der Waals surface area contributed by atoms with Crippen molar-refractivity contribution in [3.63, 3.8) is 0 Å². The van der Waals surface area contributed by atoms with Crippen molar-refractivity contribution in [3.05, 3.63) is 56.4 Å². The summed E-state index contributed by atoms with van der Waals surface area (Å²) in [6.07, 6.45) is 0. The molecule has 1 aromatic heterocycles. The minimum atomic E-state index is -3.66. The lowest BCUT2D eigenvalue weighted by Crippen LogP contribution is -2.50. The van der Waals surface area contributed by atoms with Crippen LogP contribution >= 0.6 is 22.9 Å². The molecule has 1 aromatic carbocycles. The Bertz CT molecular complexity index is 952. The minimum absolute atomic E-state index is 0.00107. The van der Waals surface area contributed by atoms with Crippen LogP contribution in [0.15, 0.2) is 40.6 Å². The van der Waals surface area contributed by atoms with Crippen molar-refractivity contribution in [1.29, 1.82) is 0 Å². The van der Waals surface area contributed by atoms with Crippen LogP contribution in [0.4, 0.5) is 5.69 Å². The van der Waals surface area contributed by atoms with Gasteiger partial charge in [-0.2, -0.15) is 4.31 Å². The van der Waals surface area contributed by atoms with E-state index in [0.717, 1.165) is 11.3 Å². The summed E-state index contributed by atoms with van der Waals surface area (Å²) >= 11 is 6.78. The van der Waals surface area contributed by atoms with E-state index in [4.69, 9.17) is 11.6 Å². The second-order valence-corrected chi connectivity index (χ2v) is 9.41. The molecule has 1 fully saturated rings. The molecule has 8 nitrogen and oxygen atoms in total. The van der Waals surface area contributed by atoms with Crippen molar-refractivity contribution < 1.29 is 18.1 Å². The van der Waals surface area contributed by atoms with Crippen LogP contribution in [-0.2, 0) is 10.0 Å². The van der Waals surface area contributed by atoms with Gasteiger partial charge in [0.1, 0.15) is 9.77 Å². The topological polar surface area (TPSA) is 101 Å². The molecular weight excluding hydrogens is 402 g/mol.